The van der Waals surface area contributed by atoms with E-state index in [1.165, 1.54) is 32.3 Å². The van der Waals surface area contributed by atoms with Crippen molar-refractivity contribution in [3.63, 3.8) is 0 Å². The van der Waals surface area contributed by atoms with Gasteiger partial charge in [-0.3, -0.25) is 0 Å². The maximum Gasteiger partial charge on any atom is 0.160 e. The van der Waals surface area contributed by atoms with Gasteiger partial charge in [0.25, 0.3) is 0 Å². The van der Waals surface area contributed by atoms with E-state index in [9.17, 15) is 5.26 Å². The third-order valence-corrected chi connectivity index (χ3v) is 11.7. The Morgan fingerprint density at radius 3 is 1.30 bits per heavy atom. The Balaban J connectivity index is 0.944. The van der Waals surface area contributed by atoms with Crippen LogP contribution in [0.3, 0.4) is 0 Å². The normalized spacial score (nSPS) is 11.3. The Bertz CT molecular complexity index is 3380. The summed E-state index contributed by atoms with van der Waals surface area (Å²) < 4.78 is 0. The molecule has 1 heterocycles. The molecule has 0 fully saturated rings. The Hall–Kier alpha value is -8.19. The molecule has 10 aromatic carbocycles. The van der Waals surface area contributed by atoms with Gasteiger partial charge in [-0.25, -0.2) is 9.97 Å². The number of hydrogen-bond donors (Lipinski definition) is 0. The molecule has 278 valence electrons. The third-order valence-electron chi connectivity index (χ3n) is 11.7. The highest BCUT2D eigenvalue weighted by Crippen LogP contribution is 2.39. The lowest BCUT2D eigenvalue weighted by Gasteiger charge is -2.13. The van der Waals surface area contributed by atoms with E-state index in [1.807, 2.05) is 48.5 Å². The van der Waals surface area contributed by atoms with Crippen LogP contribution in [-0.2, 0) is 0 Å². The summed E-state index contributed by atoms with van der Waals surface area (Å²) in [6.07, 6.45) is 0. The van der Waals surface area contributed by atoms with Crippen molar-refractivity contribution in [2.45, 2.75) is 0 Å². The molecule has 11 rings (SSSR count). The van der Waals surface area contributed by atoms with Crippen molar-refractivity contribution >= 4 is 43.1 Å². The number of nitriles is 1. The average molecular weight is 762 g/mol. The molecular formula is C57H35N3. The lowest BCUT2D eigenvalue weighted by molar-refractivity contribution is 1.18. The predicted octanol–water partition coefficient (Wildman–Crippen LogP) is 15.0. The second kappa shape index (κ2) is 14.6. The highest BCUT2D eigenvalue weighted by Gasteiger charge is 2.14. The van der Waals surface area contributed by atoms with E-state index >= 15 is 0 Å². The summed E-state index contributed by atoms with van der Waals surface area (Å²) in [6, 6.07) is 77.0. The van der Waals surface area contributed by atoms with Gasteiger partial charge < -0.3 is 0 Å². The minimum Gasteiger partial charge on any atom is -0.228 e. The summed E-state index contributed by atoms with van der Waals surface area (Å²) >= 11 is 0. The molecule has 1 aromatic heterocycles. The summed E-state index contributed by atoms with van der Waals surface area (Å²) in [5, 5.41) is 19.9. The molecule has 0 spiro atoms. The smallest absolute Gasteiger partial charge is 0.160 e. The molecule has 0 N–H and O–H groups in total. The summed E-state index contributed by atoms with van der Waals surface area (Å²) in [5.41, 5.74) is 11.9. The zero-order chi connectivity index (χ0) is 40.0. The molecule has 0 aliphatic heterocycles. The van der Waals surface area contributed by atoms with E-state index in [4.69, 9.17) is 9.97 Å². The van der Waals surface area contributed by atoms with Crippen LogP contribution in [0.4, 0.5) is 0 Å². The fourth-order valence-electron chi connectivity index (χ4n) is 8.62. The van der Waals surface area contributed by atoms with Crippen LogP contribution >= 0.6 is 0 Å². The largest absolute Gasteiger partial charge is 0.228 e. The highest BCUT2D eigenvalue weighted by molar-refractivity contribution is 6.25. The molecule has 3 heteroatoms. The van der Waals surface area contributed by atoms with Gasteiger partial charge in [-0.1, -0.05) is 170 Å². The van der Waals surface area contributed by atoms with Crippen LogP contribution in [0.1, 0.15) is 5.56 Å². The summed E-state index contributed by atoms with van der Waals surface area (Å²) in [4.78, 5) is 9.98. The molecule has 11 aromatic rings. The average Bonchev–Trinajstić information content (AvgIpc) is 3.34. The van der Waals surface area contributed by atoms with E-state index in [0.717, 1.165) is 72.2 Å². The molecular weight excluding hydrogens is 727 g/mol. The monoisotopic (exact) mass is 761 g/mol. The van der Waals surface area contributed by atoms with Gasteiger partial charge in [0.05, 0.1) is 23.0 Å². The molecule has 0 bridgehead atoms. The minimum atomic E-state index is 0.635. The number of benzene rings is 10. The topological polar surface area (TPSA) is 49.6 Å². The highest BCUT2D eigenvalue weighted by atomic mass is 14.9. The van der Waals surface area contributed by atoms with Crippen molar-refractivity contribution < 1.29 is 0 Å². The third kappa shape index (κ3) is 6.34. The SMILES string of the molecule is N#Cc1cc(-c2ccc3ccc(-c4ccc(-c5cc(-c6ccccc6)nc(-c6ccccc6)n5)cc4)cc3c2)cc(-c2ccc3c4ccccc4c4ccccc4c3c2)c1. The van der Waals surface area contributed by atoms with Gasteiger partial charge in [-0.2, -0.15) is 5.26 Å². The van der Waals surface area contributed by atoms with E-state index in [2.05, 4.69) is 170 Å². The van der Waals surface area contributed by atoms with Crippen LogP contribution < -0.4 is 0 Å². The first kappa shape index (κ1) is 35.0. The van der Waals surface area contributed by atoms with E-state index in [1.54, 1.807) is 0 Å². The van der Waals surface area contributed by atoms with Crippen molar-refractivity contribution in [2.75, 3.05) is 0 Å². The first-order valence-electron chi connectivity index (χ1n) is 20.2. The zero-order valence-electron chi connectivity index (χ0n) is 32.5. The predicted molar refractivity (Wildman–Crippen MR) is 249 cm³/mol. The first-order chi connectivity index (χ1) is 29.6. The lowest BCUT2D eigenvalue weighted by atomic mass is 9.90. The van der Waals surface area contributed by atoms with Crippen molar-refractivity contribution in [1.82, 2.24) is 9.97 Å². The van der Waals surface area contributed by atoms with Crippen LogP contribution in [0.15, 0.2) is 212 Å². The minimum absolute atomic E-state index is 0.635. The Morgan fingerprint density at radius 1 is 0.283 bits per heavy atom. The van der Waals surface area contributed by atoms with Crippen molar-refractivity contribution in [2.24, 2.45) is 0 Å². The maximum absolute atomic E-state index is 10.2. The molecule has 0 saturated carbocycles. The lowest BCUT2D eigenvalue weighted by Crippen LogP contribution is -1.95. The van der Waals surface area contributed by atoms with Crippen molar-refractivity contribution in [3.05, 3.63) is 218 Å². The summed E-state index contributed by atoms with van der Waals surface area (Å²) in [6.45, 7) is 0. The van der Waals surface area contributed by atoms with Crippen LogP contribution in [0.25, 0.3) is 110 Å². The number of aromatic nitrogens is 2. The Labute approximate surface area is 348 Å². The summed E-state index contributed by atoms with van der Waals surface area (Å²) in [5.74, 6) is 0.702. The quantitative estimate of drug-likeness (QED) is 0.159. The van der Waals surface area contributed by atoms with Crippen LogP contribution in [0, 0.1) is 11.3 Å². The summed E-state index contributed by atoms with van der Waals surface area (Å²) in [7, 11) is 0. The number of rotatable bonds is 6. The van der Waals surface area contributed by atoms with Gasteiger partial charge in [0.1, 0.15) is 0 Å². The molecule has 3 nitrogen and oxygen atoms in total. The molecule has 0 atom stereocenters. The molecule has 0 saturated heterocycles. The molecule has 0 aliphatic carbocycles. The molecule has 0 unspecified atom stereocenters. The first-order valence-corrected chi connectivity index (χ1v) is 20.2. The molecule has 60 heavy (non-hydrogen) atoms. The van der Waals surface area contributed by atoms with Gasteiger partial charge in [0.15, 0.2) is 5.82 Å². The van der Waals surface area contributed by atoms with Crippen molar-refractivity contribution in [3.8, 4) is 73.4 Å². The van der Waals surface area contributed by atoms with Gasteiger partial charge in [0, 0.05) is 16.7 Å². The van der Waals surface area contributed by atoms with Crippen molar-refractivity contribution in [1.29, 1.82) is 5.26 Å². The Kier molecular flexibility index (Phi) is 8.54. The maximum atomic E-state index is 10.2. The number of fused-ring (bicyclic) bond motifs is 7. The zero-order valence-corrected chi connectivity index (χ0v) is 32.5. The molecule has 0 radical (unpaired) electrons. The fourth-order valence-corrected chi connectivity index (χ4v) is 8.62. The standard InChI is InChI=1S/C57H35N3/c58-36-37-29-46(33-47(30-37)45-27-28-53-51-17-8-7-15-49(51)50-16-9-10-18-52(50)54(53)34-45)44-26-22-39-21-25-43(31-48(39)32-44)38-19-23-41(24-20-38)56-35-55(40-11-3-1-4-12-40)59-57(60-56)42-13-5-2-6-14-42/h1-35H. The fraction of sp³-hybridized carbons (Fsp3) is 0. The second-order valence-electron chi connectivity index (χ2n) is 15.3. The van der Waals surface area contributed by atoms with Crippen LogP contribution in [-0.4, -0.2) is 9.97 Å². The van der Waals surface area contributed by atoms with Crippen LogP contribution in [0.5, 0.6) is 0 Å². The number of hydrogen-bond acceptors (Lipinski definition) is 3. The number of nitrogens with zero attached hydrogens (tertiary/aromatic N) is 3. The van der Waals surface area contributed by atoms with Gasteiger partial charge in [-0.05, 0) is 119 Å². The second-order valence-corrected chi connectivity index (χ2v) is 15.3. The molecule has 0 aliphatic rings. The van der Waals surface area contributed by atoms with E-state index in [-0.39, 0.29) is 0 Å². The van der Waals surface area contributed by atoms with Gasteiger partial charge in [-0.15, -0.1) is 0 Å². The van der Waals surface area contributed by atoms with Gasteiger partial charge in [0.2, 0.25) is 0 Å². The Morgan fingerprint density at radius 2 is 0.717 bits per heavy atom. The van der Waals surface area contributed by atoms with Crippen LogP contribution in [0.2, 0.25) is 0 Å². The van der Waals surface area contributed by atoms with E-state index < -0.39 is 0 Å². The van der Waals surface area contributed by atoms with E-state index in [0.29, 0.717) is 11.4 Å². The molecule has 0 amide bonds. The van der Waals surface area contributed by atoms with Gasteiger partial charge >= 0.3 is 0 Å².